The van der Waals surface area contributed by atoms with Gasteiger partial charge in [0.2, 0.25) is 0 Å². The number of aryl methyl sites for hydroxylation is 2. The van der Waals surface area contributed by atoms with E-state index in [9.17, 15) is 4.39 Å². The number of nitrogens with one attached hydrogen (secondary N) is 1. The Kier molecular flexibility index (Phi) is 4.95. The fraction of sp³-hybridized carbons (Fsp3) is 0.286. The van der Waals surface area contributed by atoms with Crippen LogP contribution in [-0.2, 0) is 20.0 Å². The van der Waals surface area contributed by atoms with Gasteiger partial charge in [0, 0.05) is 30.9 Å². The van der Waals surface area contributed by atoms with E-state index in [1.54, 1.807) is 16.8 Å². The molecule has 1 heterocycles. The Morgan fingerprint density at radius 1 is 1.52 bits per heavy atom. The highest BCUT2D eigenvalue weighted by molar-refractivity contribution is 9.10. The highest BCUT2D eigenvalue weighted by Crippen LogP contribution is 2.27. The molecule has 2 aromatic rings. The number of hydrogen-bond donors (Lipinski definition) is 2. The molecule has 0 unspecified atom stereocenters. The lowest BCUT2D eigenvalue weighted by atomic mass is 10.1. The molecular formula is C14H16BrFN4S. The van der Waals surface area contributed by atoms with Gasteiger partial charge in [0.25, 0.3) is 0 Å². The molecule has 0 atom stereocenters. The molecule has 0 saturated carbocycles. The fourth-order valence-electron chi connectivity index (χ4n) is 2.10. The van der Waals surface area contributed by atoms with Crippen molar-refractivity contribution in [2.45, 2.75) is 19.9 Å². The van der Waals surface area contributed by atoms with Gasteiger partial charge in [-0.05, 0) is 34.5 Å². The van der Waals surface area contributed by atoms with Crippen LogP contribution in [0.1, 0.15) is 23.7 Å². The number of aromatic nitrogens is 2. The second-order valence-electron chi connectivity index (χ2n) is 4.63. The zero-order valence-corrected chi connectivity index (χ0v) is 14.2. The summed E-state index contributed by atoms with van der Waals surface area (Å²) in [7, 11) is 1.87. The largest absolute Gasteiger partial charge is 0.389 e. The maximum absolute atomic E-state index is 14.3. The van der Waals surface area contributed by atoms with E-state index < -0.39 is 5.82 Å². The quantitative estimate of drug-likeness (QED) is 0.793. The van der Waals surface area contributed by atoms with Gasteiger partial charge in [-0.15, -0.1) is 0 Å². The van der Waals surface area contributed by atoms with Gasteiger partial charge < -0.3 is 11.1 Å². The lowest BCUT2D eigenvalue weighted by molar-refractivity contribution is 0.623. The van der Waals surface area contributed by atoms with Gasteiger partial charge >= 0.3 is 0 Å². The summed E-state index contributed by atoms with van der Waals surface area (Å²) in [4.78, 5) is 0.160. The number of nitrogens with zero attached hydrogens (tertiary/aromatic N) is 2. The topological polar surface area (TPSA) is 55.9 Å². The Labute approximate surface area is 136 Å². The summed E-state index contributed by atoms with van der Waals surface area (Å²) < 4.78 is 16.3. The van der Waals surface area contributed by atoms with Crippen LogP contribution in [0.3, 0.4) is 0 Å². The summed E-state index contributed by atoms with van der Waals surface area (Å²) in [6, 6.07) is 3.33. The van der Waals surface area contributed by atoms with Gasteiger partial charge in [0.15, 0.2) is 5.82 Å². The summed E-state index contributed by atoms with van der Waals surface area (Å²) in [5, 5.41) is 7.44. The zero-order valence-electron chi connectivity index (χ0n) is 11.8. The van der Waals surface area contributed by atoms with E-state index in [1.165, 1.54) is 0 Å². The Morgan fingerprint density at radius 2 is 2.24 bits per heavy atom. The SMILES string of the molecule is CCc1nn(C)cc1CNc1ccc(C(N)=S)c(Br)c1F. The molecule has 0 fully saturated rings. The highest BCUT2D eigenvalue weighted by atomic mass is 79.9. The van der Waals surface area contributed by atoms with Crippen LogP contribution < -0.4 is 11.1 Å². The predicted octanol–water partition coefficient (Wildman–Crippen LogP) is 3.13. The molecule has 0 aliphatic heterocycles. The first-order chi connectivity index (χ1) is 9.93. The molecule has 0 aliphatic rings. The minimum atomic E-state index is -0.401. The molecule has 0 bridgehead atoms. The molecule has 3 N–H and O–H groups in total. The Morgan fingerprint density at radius 3 is 2.86 bits per heavy atom. The van der Waals surface area contributed by atoms with Crippen molar-refractivity contribution >= 4 is 38.8 Å². The zero-order chi connectivity index (χ0) is 15.6. The molecule has 112 valence electrons. The lowest BCUT2D eigenvalue weighted by Crippen LogP contribution is -2.12. The van der Waals surface area contributed by atoms with Crippen molar-refractivity contribution in [1.29, 1.82) is 0 Å². The van der Waals surface area contributed by atoms with Crippen LogP contribution in [0.4, 0.5) is 10.1 Å². The third-order valence-electron chi connectivity index (χ3n) is 3.14. The fourth-order valence-corrected chi connectivity index (χ4v) is 2.96. The molecule has 1 aromatic heterocycles. The van der Waals surface area contributed by atoms with E-state index in [2.05, 4.69) is 26.3 Å². The molecule has 0 amide bonds. The first-order valence-electron chi connectivity index (χ1n) is 6.47. The minimum absolute atomic E-state index is 0.160. The lowest BCUT2D eigenvalue weighted by Gasteiger charge is -2.11. The molecule has 0 saturated heterocycles. The molecule has 0 aliphatic carbocycles. The van der Waals surface area contributed by atoms with Gasteiger partial charge in [-0.2, -0.15) is 5.10 Å². The number of anilines is 1. The smallest absolute Gasteiger partial charge is 0.161 e. The van der Waals surface area contributed by atoms with E-state index in [4.69, 9.17) is 18.0 Å². The van der Waals surface area contributed by atoms with Gasteiger partial charge in [0.1, 0.15) is 4.99 Å². The molecule has 2 rings (SSSR count). The molecule has 1 aromatic carbocycles. The second kappa shape index (κ2) is 6.53. The number of halogens is 2. The van der Waals surface area contributed by atoms with Crippen LogP contribution in [0, 0.1) is 5.82 Å². The summed E-state index contributed by atoms with van der Waals surface area (Å²) in [5.74, 6) is -0.401. The third-order valence-corrected chi connectivity index (χ3v) is 4.14. The minimum Gasteiger partial charge on any atom is -0.389 e. The van der Waals surface area contributed by atoms with Crippen LogP contribution in [0.5, 0.6) is 0 Å². The predicted molar refractivity (Wildman–Crippen MR) is 89.9 cm³/mol. The van der Waals surface area contributed by atoms with Gasteiger partial charge in [-0.3, -0.25) is 4.68 Å². The first kappa shape index (κ1) is 15.9. The average molecular weight is 371 g/mol. The van der Waals surface area contributed by atoms with Crippen molar-refractivity contribution in [1.82, 2.24) is 9.78 Å². The Bertz CT molecular complexity index is 684. The highest BCUT2D eigenvalue weighted by Gasteiger charge is 2.13. The van der Waals surface area contributed by atoms with E-state index in [0.29, 0.717) is 17.8 Å². The van der Waals surface area contributed by atoms with Gasteiger partial charge in [-0.1, -0.05) is 19.1 Å². The monoisotopic (exact) mass is 370 g/mol. The van der Waals surface area contributed by atoms with Crippen LogP contribution >= 0.6 is 28.1 Å². The number of nitrogens with two attached hydrogens (primary N) is 1. The molecule has 4 nitrogen and oxygen atoms in total. The summed E-state index contributed by atoms with van der Waals surface area (Å²) in [6.07, 6.45) is 2.77. The maximum Gasteiger partial charge on any atom is 0.161 e. The number of hydrogen-bond acceptors (Lipinski definition) is 3. The standard InChI is InChI=1S/C14H16BrFN4S/c1-3-10-8(7-20(2)19-10)6-18-11-5-4-9(14(17)21)12(15)13(11)16/h4-5,7,18H,3,6H2,1-2H3,(H2,17,21). The van der Waals surface area contributed by atoms with E-state index in [1.807, 2.05) is 20.2 Å². The van der Waals surface area contributed by atoms with Crippen LogP contribution in [0.25, 0.3) is 0 Å². The Balaban J connectivity index is 2.21. The second-order valence-corrected chi connectivity index (χ2v) is 5.87. The summed E-state index contributed by atoms with van der Waals surface area (Å²) in [6.45, 7) is 2.55. The normalized spacial score (nSPS) is 10.7. The molecular weight excluding hydrogens is 355 g/mol. The number of thiocarbonyl (C=S) groups is 1. The van der Waals surface area contributed by atoms with Crippen molar-refractivity contribution in [2.24, 2.45) is 12.8 Å². The van der Waals surface area contributed by atoms with Crippen LogP contribution in [0.15, 0.2) is 22.8 Å². The first-order valence-corrected chi connectivity index (χ1v) is 7.67. The molecule has 7 heteroatoms. The molecule has 21 heavy (non-hydrogen) atoms. The van der Waals surface area contributed by atoms with Crippen LogP contribution in [-0.4, -0.2) is 14.8 Å². The number of rotatable bonds is 5. The summed E-state index contributed by atoms with van der Waals surface area (Å²) >= 11 is 8.07. The van der Waals surface area contributed by atoms with Crippen molar-refractivity contribution in [2.75, 3.05) is 5.32 Å². The third kappa shape index (κ3) is 3.41. The van der Waals surface area contributed by atoms with Crippen molar-refractivity contribution in [3.8, 4) is 0 Å². The van der Waals surface area contributed by atoms with Crippen molar-refractivity contribution < 1.29 is 4.39 Å². The van der Waals surface area contributed by atoms with Gasteiger partial charge in [0.05, 0.1) is 15.9 Å². The van der Waals surface area contributed by atoms with Crippen molar-refractivity contribution in [3.05, 3.63) is 45.4 Å². The average Bonchev–Trinajstić information content (AvgIpc) is 2.80. The van der Waals surface area contributed by atoms with Crippen molar-refractivity contribution in [3.63, 3.8) is 0 Å². The van der Waals surface area contributed by atoms with E-state index >= 15 is 0 Å². The van der Waals surface area contributed by atoms with Gasteiger partial charge in [-0.25, -0.2) is 4.39 Å². The molecule has 0 radical (unpaired) electrons. The summed E-state index contributed by atoms with van der Waals surface area (Å²) in [5.41, 5.74) is 8.48. The molecule has 0 spiro atoms. The Hall–Kier alpha value is -1.47. The van der Waals surface area contributed by atoms with Crippen LogP contribution in [0.2, 0.25) is 0 Å². The number of benzene rings is 1. The maximum atomic E-state index is 14.3. The van der Waals surface area contributed by atoms with E-state index in [0.717, 1.165) is 17.7 Å². The van der Waals surface area contributed by atoms with E-state index in [-0.39, 0.29) is 9.46 Å².